The molecule has 0 aromatic heterocycles. The number of aromatic hydroxyl groups is 4. The number of benzene rings is 4. The average molecular weight is 374 g/mol. The standard InChI is InChI=1S/C22H14O6/c23-9-11-1-3-13-15(5-11)17(7-19(25)21(13)27)18-8-20(26)22(28)14-4-2-12(10-24)6-16(14)18/h1-10,25-28H. The van der Waals surface area contributed by atoms with E-state index < -0.39 is 0 Å². The van der Waals surface area contributed by atoms with E-state index in [4.69, 9.17) is 0 Å². The van der Waals surface area contributed by atoms with Gasteiger partial charge in [-0.2, -0.15) is 0 Å². The normalized spacial score (nSPS) is 11.0. The Balaban J connectivity index is 2.20. The quantitative estimate of drug-likeness (QED) is 0.317. The number of phenols is 4. The second-order valence-corrected chi connectivity index (χ2v) is 6.43. The smallest absolute Gasteiger partial charge is 0.165 e. The summed E-state index contributed by atoms with van der Waals surface area (Å²) >= 11 is 0. The zero-order valence-corrected chi connectivity index (χ0v) is 14.4. The van der Waals surface area contributed by atoms with Crippen LogP contribution in [0, 0.1) is 0 Å². The number of aldehydes is 2. The van der Waals surface area contributed by atoms with Gasteiger partial charge < -0.3 is 20.4 Å². The van der Waals surface area contributed by atoms with Crippen LogP contribution >= 0.6 is 0 Å². The first-order valence-corrected chi connectivity index (χ1v) is 8.32. The molecule has 28 heavy (non-hydrogen) atoms. The average Bonchev–Trinajstić information content (AvgIpc) is 2.72. The fourth-order valence-electron chi connectivity index (χ4n) is 3.42. The third-order valence-corrected chi connectivity index (χ3v) is 4.79. The van der Waals surface area contributed by atoms with Crippen LogP contribution < -0.4 is 0 Å². The second kappa shape index (κ2) is 6.28. The number of fused-ring (bicyclic) bond motifs is 2. The molecule has 4 aromatic carbocycles. The van der Waals surface area contributed by atoms with E-state index in [1.54, 1.807) is 12.1 Å². The van der Waals surface area contributed by atoms with Crippen LogP contribution in [0.25, 0.3) is 32.7 Å². The molecule has 0 aliphatic carbocycles. The lowest BCUT2D eigenvalue weighted by Crippen LogP contribution is -1.90. The first-order chi connectivity index (χ1) is 13.4. The van der Waals surface area contributed by atoms with Gasteiger partial charge in [-0.1, -0.05) is 12.1 Å². The number of phenolic OH excluding ortho intramolecular Hbond substituents is 4. The van der Waals surface area contributed by atoms with Crippen LogP contribution in [0.1, 0.15) is 20.7 Å². The van der Waals surface area contributed by atoms with Crippen LogP contribution in [0.5, 0.6) is 23.0 Å². The number of carbonyl (C=O) groups excluding carboxylic acids is 2. The predicted molar refractivity (Wildman–Crippen MR) is 104 cm³/mol. The van der Waals surface area contributed by atoms with E-state index in [1.165, 1.54) is 36.4 Å². The fourth-order valence-corrected chi connectivity index (χ4v) is 3.42. The molecule has 0 unspecified atom stereocenters. The summed E-state index contributed by atoms with van der Waals surface area (Å²) in [5, 5.41) is 42.4. The van der Waals surface area contributed by atoms with Crippen LogP contribution in [0.2, 0.25) is 0 Å². The molecule has 0 atom stereocenters. The van der Waals surface area contributed by atoms with Crippen molar-refractivity contribution in [3.8, 4) is 34.1 Å². The predicted octanol–water partition coefficient (Wildman–Crippen LogP) is 4.11. The highest BCUT2D eigenvalue weighted by molar-refractivity contribution is 6.11. The largest absolute Gasteiger partial charge is 0.504 e. The van der Waals surface area contributed by atoms with Crippen molar-refractivity contribution in [3.05, 3.63) is 59.7 Å². The molecule has 0 spiro atoms. The Morgan fingerprint density at radius 1 is 0.536 bits per heavy atom. The molecule has 0 saturated heterocycles. The second-order valence-electron chi connectivity index (χ2n) is 6.43. The molecule has 0 aliphatic heterocycles. The van der Waals surface area contributed by atoms with Gasteiger partial charge in [-0.05, 0) is 58.3 Å². The summed E-state index contributed by atoms with van der Waals surface area (Å²) in [6.07, 6.45) is 1.31. The van der Waals surface area contributed by atoms with Crippen molar-refractivity contribution < 1.29 is 30.0 Å². The van der Waals surface area contributed by atoms with Gasteiger partial charge in [0.25, 0.3) is 0 Å². The van der Waals surface area contributed by atoms with Gasteiger partial charge in [-0.25, -0.2) is 0 Å². The first kappa shape index (κ1) is 17.4. The minimum Gasteiger partial charge on any atom is -0.504 e. The molecular weight excluding hydrogens is 360 g/mol. The summed E-state index contributed by atoms with van der Waals surface area (Å²) in [7, 11) is 0. The number of rotatable bonds is 3. The Labute approximate surface area is 158 Å². The fraction of sp³-hybridized carbons (Fsp3) is 0. The monoisotopic (exact) mass is 374 g/mol. The Kier molecular flexibility index (Phi) is 3.89. The highest BCUT2D eigenvalue weighted by Crippen LogP contribution is 2.46. The molecule has 0 radical (unpaired) electrons. The lowest BCUT2D eigenvalue weighted by Gasteiger charge is -2.15. The van der Waals surface area contributed by atoms with E-state index in [9.17, 15) is 30.0 Å². The maximum Gasteiger partial charge on any atom is 0.165 e. The molecule has 6 heteroatoms. The SMILES string of the molecule is O=Cc1ccc2c(O)c(O)cc(-c3cc(O)c(O)c4ccc(C=O)cc34)c2c1. The van der Waals surface area contributed by atoms with E-state index in [0.717, 1.165) is 0 Å². The highest BCUT2D eigenvalue weighted by atomic mass is 16.3. The van der Waals surface area contributed by atoms with Crippen LogP contribution in [0.4, 0.5) is 0 Å². The molecule has 6 nitrogen and oxygen atoms in total. The summed E-state index contributed by atoms with van der Waals surface area (Å²) < 4.78 is 0. The first-order valence-electron chi connectivity index (χ1n) is 8.32. The van der Waals surface area contributed by atoms with Gasteiger partial charge >= 0.3 is 0 Å². The van der Waals surface area contributed by atoms with Crippen molar-refractivity contribution in [2.24, 2.45) is 0 Å². The summed E-state index contributed by atoms with van der Waals surface area (Å²) in [5.74, 6) is -1.43. The maximum absolute atomic E-state index is 11.2. The minimum absolute atomic E-state index is 0.313. The van der Waals surface area contributed by atoms with Crippen molar-refractivity contribution in [1.29, 1.82) is 0 Å². The van der Waals surface area contributed by atoms with Crippen LogP contribution in [0.15, 0.2) is 48.5 Å². The topological polar surface area (TPSA) is 115 Å². The summed E-state index contributed by atoms with van der Waals surface area (Å²) in [6.45, 7) is 0. The molecule has 0 heterocycles. The summed E-state index contributed by atoms with van der Waals surface area (Å²) in [5.41, 5.74) is 1.55. The van der Waals surface area contributed by atoms with E-state index in [2.05, 4.69) is 0 Å². The van der Waals surface area contributed by atoms with Gasteiger partial charge in [-0.3, -0.25) is 9.59 Å². The third-order valence-electron chi connectivity index (χ3n) is 4.79. The Bertz CT molecular complexity index is 1190. The van der Waals surface area contributed by atoms with Gasteiger partial charge in [0.1, 0.15) is 12.6 Å². The minimum atomic E-state index is -0.381. The molecular formula is C22H14O6. The van der Waals surface area contributed by atoms with E-state index in [-0.39, 0.29) is 23.0 Å². The molecule has 0 saturated carbocycles. The number of hydrogen-bond acceptors (Lipinski definition) is 6. The van der Waals surface area contributed by atoms with Crippen molar-refractivity contribution in [1.82, 2.24) is 0 Å². The van der Waals surface area contributed by atoms with Crippen molar-refractivity contribution in [3.63, 3.8) is 0 Å². The lowest BCUT2D eigenvalue weighted by atomic mass is 9.91. The van der Waals surface area contributed by atoms with Gasteiger partial charge in [0.05, 0.1) is 0 Å². The Morgan fingerprint density at radius 2 is 0.929 bits per heavy atom. The molecule has 0 bridgehead atoms. The highest BCUT2D eigenvalue weighted by Gasteiger charge is 2.18. The van der Waals surface area contributed by atoms with Crippen LogP contribution in [-0.4, -0.2) is 33.0 Å². The summed E-state index contributed by atoms with van der Waals surface area (Å²) in [4.78, 5) is 22.4. The molecule has 4 rings (SSSR count). The molecule has 4 aromatic rings. The molecule has 4 N–H and O–H groups in total. The maximum atomic E-state index is 11.2. The third kappa shape index (κ3) is 2.51. The zero-order valence-electron chi connectivity index (χ0n) is 14.4. The Morgan fingerprint density at radius 3 is 1.29 bits per heavy atom. The number of hydrogen-bond donors (Lipinski definition) is 4. The van der Waals surface area contributed by atoms with Gasteiger partial charge in [0, 0.05) is 21.9 Å². The molecule has 0 aliphatic rings. The van der Waals surface area contributed by atoms with E-state index in [0.29, 0.717) is 56.4 Å². The van der Waals surface area contributed by atoms with Crippen LogP contribution in [0.3, 0.4) is 0 Å². The Hall–Kier alpha value is -4.06. The van der Waals surface area contributed by atoms with E-state index >= 15 is 0 Å². The van der Waals surface area contributed by atoms with Crippen molar-refractivity contribution in [2.45, 2.75) is 0 Å². The van der Waals surface area contributed by atoms with Gasteiger partial charge in [0.2, 0.25) is 0 Å². The van der Waals surface area contributed by atoms with Gasteiger partial charge in [0.15, 0.2) is 23.0 Å². The zero-order chi connectivity index (χ0) is 20.0. The summed E-state index contributed by atoms with van der Waals surface area (Å²) in [6, 6.07) is 11.8. The number of carbonyl (C=O) groups is 2. The van der Waals surface area contributed by atoms with E-state index in [1.807, 2.05) is 0 Å². The van der Waals surface area contributed by atoms with Crippen molar-refractivity contribution in [2.75, 3.05) is 0 Å². The molecule has 0 amide bonds. The van der Waals surface area contributed by atoms with Crippen molar-refractivity contribution >= 4 is 34.1 Å². The molecule has 138 valence electrons. The van der Waals surface area contributed by atoms with Crippen LogP contribution in [-0.2, 0) is 0 Å². The van der Waals surface area contributed by atoms with Gasteiger partial charge in [-0.15, -0.1) is 0 Å². The molecule has 0 fully saturated rings. The lowest BCUT2D eigenvalue weighted by molar-refractivity contribution is 0.111.